The van der Waals surface area contributed by atoms with Gasteiger partial charge in [0.15, 0.2) is 0 Å². The van der Waals surface area contributed by atoms with Gasteiger partial charge in [0.05, 0.1) is 12.3 Å². The van der Waals surface area contributed by atoms with Crippen molar-refractivity contribution in [3.63, 3.8) is 0 Å². The van der Waals surface area contributed by atoms with Gasteiger partial charge in [-0.1, -0.05) is 43.7 Å². The maximum absolute atomic E-state index is 12.5. The Hall–Kier alpha value is -3.08. The zero-order valence-corrected chi connectivity index (χ0v) is 14.1. The molecule has 0 radical (unpaired) electrons. The third-order valence-corrected chi connectivity index (χ3v) is 3.86. The predicted octanol–water partition coefficient (Wildman–Crippen LogP) is 3.33. The third kappa shape index (κ3) is 3.88. The van der Waals surface area contributed by atoms with E-state index in [9.17, 15) is 9.59 Å². The first kappa shape index (κ1) is 16.8. The Kier molecular flexibility index (Phi) is 5.14. The number of benzene rings is 2. The molecule has 0 unspecified atom stereocenters. The van der Waals surface area contributed by atoms with Crippen LogP contribution in [0.5, 0.6) is 5.75 Å². The number of carbonyl (C=O) groups is 2. The molecule has 1 aliphatic heterocycles. The van der Waals surface area contributed by atoms with Crippen molar-refractivity contribution < 1.29 is 14.3 Å². The van der Waals surface area contributed by atoms with Crippen LogP contribution in [-0.4, -0.2) is 18.4 Å². The molecule has 0 bridgehead atoms. The number of nitrogens with zero attached hydrogens (tertiary/aromatic N) is 1. The van der Waals surface area contributed by atoms with Gasteiger partial charge in [-0.25, -0.2) is 5.01 Å². The Morgan fingerprint density at radius 3 is 2.44 bits per heavy atom. The molecule has 0 saturated carbocycles. The predicted molar refractivity (Wildman–Crippen MR) is 96.9 cm³/mol. The van der Waals surface area contributed by atoms with Crippen molar-refractivity contribution >= 4 is 23.6 Å². The average Bonchev–Trinajstić information content (AvgIpc) is 2.92. The number of nitrogens with one attached hydrogen (secondary N) is 1. The number of anilines is 1. The van der Waals surface area contributed by atoms with E-state index in [4.69, 9.17) is 4.74 Å². The molecule has 3 rings (SSSR count). The maximum Gasteiger partial charge on any atom is 0.282 e. The molecule has 2 aromatic carbocycles. The number of para-hydroxylation sites is 1. The van der Waals surface area contributed by atoms with E-state index in [1.54, 1.807) is 18.2 Å². The normalized spacial score (nSPS) is 15.6. The summed E-state index contributed by atoms with van der Waals surface area (Å²) in [5, 5.41) is 1.26. The molecule has 0 atom stereocenters. The van der Waals surface area contributed by atoms with E-state index in [2.05, 4.69) is 12.3 Å². The molecule has 0 aliphatic carbocycles. The number of hydrogen-bond acceptors (Lipinski definition) is 3. The molecule has 1 N–H and O–H groups in total. The van der Waals surface area contributed by atoms with Gasteiger partial charge in [0.2, 0.25) is 0 Å². The summed E-state index contributed by atoms with van der Waals surface area (Å²) < 4.78 is 5.61. The molecule has 1 heterocycles. The van der Waals surface area contributed by atoms with Crippen LogP contribution in [0.15, 0.2) is 60.2 Å². The van der Waals surface area contributed by atoms with Crippen molar-refractivity contribution in [1.29, 1.82) is 0 Å². The number of unbranched alkanes of at least 4 members (excludes halogenated alkanes) is 1. The number of hydrogen-bond donors (Lipinski definition) is 1. The molecule has 5 nitrogen and oxygen atoms in total. The zero-order valence-electron chi connectivity index (χ0n) is 14.1. The summed E-state index contributed by atoms with van der Waals surface area (Å²) in [6.07, 6.45) is 3.69. The molecule has 2 aromatic rings. The molecule has 25 heavy (non-hydrogen) atoms. The minimum atomic E-state index is -0.405. The number of rotatable bonds is 6. The highest BCUT2D eigenvalue weighted by Crippen LogP contribution is 2.22. The van der Waals surface area contributed by atoms with Gasteiger partial charge in [0, 0.05) is 0 Å². The van der Waals surface area contributed by atoms with Gasteiger partial charge < -0.3 is 4.74 Å². The summed E-state index contributed by atoms with van der Waals surface area (Å²) >= 11 is 0. The highest BCUT2D eigenvalue weighted by Gasteiger charge is 2.34. The van der Waals surface area contributed by atoms with Crippen LogP contribution >= 0.6 is 0 Å². The van der Waals surface area contributed by atoms with Crippen LogP contribution in [-0.2, 0) is 9.59 Å². The summed E-state index contributed by atoms with van der Waals surface area (Å²) in [5.41, 5.74) is 4.11. The Morgan fingerprint density at radius 1 is 1.04 bits per heavy atom. The molecule has 1 fully saturated rings. The minimum Gasteiger partial charge on any atom is -0.494 e. The fourth-order valence-electron chi connectivity index (χ4n) is 2.48. The van der Waals surface area contributed by atoms with Gasteiger partial charge in [-0.05, 0) is 42.3 Å². The summed E-state index contributed by atoms with van der Waals surface area (Å²) in [7, 11) is 0. The van der Waals surface area contributed by atoms with Crippen LogP contribution in [0, 0.1) is 0 Å². The quantitative estimate of drug-likeness (QED) is 0.500. The Labute approximate surface area is 146 Å². The van der Waals surface area contributed by atoms with Crippen molar-refractivity contribution in [3.05, 3.63) is 65.7 Å². The molecule has 0 spiro atoms. The second-order valence-corrected chi connectivity index (χ2v) is 5.75. The van der Waals surface area contributed by atoms with Gasteiger partial charge in [-0.3, -0.25) is 15.0 Å². The summed E-state index contributed by atoms with van der Waals surface area (Å²) in [6.45, 7) is 2.80. The first-order valence-corrected chi connectivity index (χ1v) is 8.34. The molecule has 0 aromatic heterocycles. The highest BCUT2D eigenvalue weighted by atomic mass is 16.5. The molecular weight excluding hydrogens is 316 g/mol. The van der Waals surface area contributed by atoms with Crippen molar-refractivity contribution in [2.24, 2.45) is 0 Å². The van der Waals surface area contributed by atoms with Crippen LogP contribution in [0.3, 0.4) is 0 Å². The SMILES string of the molecule is CCCCOc1ccc(C=C2C(=O)NN(c3ccccc3)C2=O)cc1. The van der Waals surface area contributed by atoms with Crippen LogP contribution < -0.4 is 15.2 Å². The molecule has 5 heteroatoms. The van der Waals surface area contributed by atoms with Gasteiger partial charge >= 0.3 is 0 Å². The number of ether oxygens (including phenoxy) is 1. The lowest BCUT2D eigenvalue weighted by atomic mass is 10.1. The van der Waals surface area contributed by atoms with E-state index in [0.717, 1.165) is 24.2 Å². The maximum atomic E-state index is 12.5. The lowest BCUT2D eigenvalue weighted by molar-refractivity contribution is -0.117. The van der Waals surface area contributed by atoms with Crippen LogP contribution in [0.2, 0.25) is 0 Å². The number of hydrazine groups is 1. The van der Waals surface area contributed by atoms with Crippen molar-refractivity contribution in [3.8, 4) is 5.75 Å². The topological polar surface area (TPSA) is 58.6 Å². The molecule has 1 aliphatic rings. The van der Waals surface area contributed by atoms with Crippen molar-refractivity contribution in [1.82, 2.24) is 5.43 Å². The van der Waals surface area contributed by atoms with Gasteiger partial charge in [0.1, 0.15) is 11.3 Å². The Morgan fingerprint density at radius 2 is 1.76 bits per heavy atom. The second kappa shape index (κ2) is 7.66. The summed E-state index contributed by atoms with van der Waals surface area (Å²) in [5.74, 6) is 0.0142. The molecular formula is C20H20N2O3. The summed E-state index contributed by atoms with van der Waals surface area (Å²) in [4.78, 5) is 24.7. The zero-order chi connectivity index (χ0) is 17.6. The summed E-state index contributed by atoms with van der Waals surface area (Å²) in [6, 6.07) is 16.4. The Balaban J connectivity index is 1.74. The van der Waals surface area contributed by atoms with Crippen LogP contribution in [0.1, 0.15) is 25.3 Å². The third-order valence-electron chi connectivity index (χ3n) is 3.86. The van der Waals surface area contributed by atoms with E-state index in [-0.39, 0.29) is 11.5 Å². The van der Waals surface area contributed by atoms with Crippen LogP contribution in [0.25, 0.3) is 6.08 Å². The number of carbonyl (C=O) groups excluding carboxylic acids is 2. The monoisotopic (exact) mass is 336 g/mol. The van der Waals surface area contributed by atoms with Crippen LogP contribution in [0.4, 0.5) is 5.69 Å². The van der Waals surface area contributed by atoms with Crippen molar-refractivity contribution in [2.75, 3.05) is 11.6 Å². The first-order chi connectivity index (χ1) is 12.2. The van der Waals surface area contributed by atoms with Gasteiger partial charge in [-0.2, -0.15) is 0 Å². The minimum absolute atomic E-state index is 0.114. The van der Waals surface area contributed by atoms with Gasteiger partial charge in [-0.15, -0.1) is 0 Å². The van der Waals surface area contributed by atoms with Gasteiger partial charge in [0.25, 0.3) is 11.8 Å². The van der Waals surface area contributed by atoms with E-state index in [0.29, 0.717) is 12.3 Å². The molecule has 2 amide bonds. The molecule has 1 saturated heterocycles. The average molecular weight is 336 g/mol. The number of amides is 2. The second-order valence-electron chi connectivity index (χ2n) is 5.75. The Bertz CT molecular complexity index is 782. The van der Waals surface area contributed by atoms with E-state index in [1.165, 1.54) is 5.01 Å². The standard InChI is InChI=1S/C20H20N2O3/c1-2-3-13-25-17-11-9-15(10-12-17)14-18-19(23)21-22(20(18)24)16-7-5-4-6-8-16/h4-12,14H,2-3,13H2,1H3,(H,21,23). The van der Waals surface area contributed by atoms with E-state index < -0.39 is 5.91 Å². The fourth-order valence-corrected chi connectivity index (χ4v) is 2.48. The van der Waals surface area contributed by atoms with E-state index in [1.807, 2.05) is 42.5 Å². The first-order valence-electron chi connectivity index (χ1n) is 8.34. The van der Waals surface area contributed by atoms with E-state index >= 15 is 0 Å². The largest absolute Gasteiger partial charge is 0.494 e. The molecule has 128 valence electrons. The van der Waals surface area contributed by atoms with Crippen molar-refractivity contribution in [2.45, 2.75) is 19.8 Å². The fraction of sp³-hybridized carbons (Fsp3) is 0.200. The lowest BCUT2D eigenvalue weighted by Crippen LogP contribution is -2.35. The highest BCUT2D eigenvalue weighted by molar-refractivity contribution is 6.31. The lowest BCUT2D eigenvalue weighted by Gasteiger charge is -2.13. The smallest absolute Gasteiger partial charge is 0.282 e.